The molecule has 1 aromatic heterocycles. The van der Waals surface area contributed by atoms with Gasteiger partial charge in [0.1, 0.15) is 5.02 Å². The standard InChI is InChI=1S/C9H10ClNO2/c10-8-5-7(3-1-2-4-12)6-11-9(8)13/h1,3,5-6,12H,2,4H2,(H,11,13). The van der Waals surface area contributed by atoms with Crippen molar-refractivity contribution in [1.82, 2.24) is 4.98 Å². The predicted molar refractivity (Wildman–Crippen MR) is 52.8 cm³/mol. The van der Waals surface area contributed by atoms with E-state index in [0.29, 0.717) is 6.42 Å². The maximum Gasteiger partial charge on any atom is 0.266 e. The molecule has 0 aliphatic carbocycles. The van der Waals surface area contributed by atoms with E-state index in [9.17, 15) is 4.79 Å². The van der Waals surface area contributed by atoms with E-state index in [2.05, 4.69) is 4.98 Å². The predicted octanol–water partition coefficient (Wildman–Crippen LogP) is 1.42. The zero-order valence-corrected chi connectivity index (χ0v) is 7.71. The lowest BCUT2D eigenvalue weighted by Gasteiger charge is -1.93. The average molecular weight is 200 g/mol. The molecule has 0 atom stereocenters. The number of hydrogen-bond acceptors (Lipinski definition) is 2. The zero-order valence-electron chi connectivity index (χ0n) is 6.96. The van der Waals surface area contributed by atoms with Gasteiger partial charge in [-0.2, -0.15) is 0 Å². The number of aromatic amines is 1. The van der Waals surface area contributed by atoms with Gasteiger partial charge < -0.3 is 10.1 Å². The quantitative estimate of drug-likeness (QED) is 0.774. The summed E-state index contributed by atoms with van der Waals surface area (Å²) in [6.45, 7) is 0.119. The van der Waals surface area contributed by atoms with Gasteiger partial charge in [0, 0.05) is 12.8 Å². The third kappa shape index (κ3) is 3.05. The maximum absolute atomic E-state index is 10.8. The zero-order chi connectivity index (χ0) is 9.68. The summed E-state index contributed by atoms with van der Waals surface area (Å²) in [5, 5.41) is 8.68. The Morgan fingerprint density at radius 1 is 1.62 bits per heavy atom. The molecule has 1 aromatic rings. The van der Waals surface area contributed by atoms with Crippen LogP contribution in [0.5, 0.6) is 0 Å². The van der Waals surface area contributed by atoms with E-state index in [1.807, 2.05) is 6.08 Å². The first-order valence-corrected chi connectivity index (χ1v) is 4.27. The molecule has 1 heterocycles. The minimum atomic E-state index is -0.291. The minimum Gasteiger partial charge on any atom is -0.396 e. The molecule has 0 aliphatic heterocycles. The van der Waals surface area contributed by atoms with Crippen molar-refractivity contribution < 1.29 is 5.11 Å². The number of aromatic nitrogens is 1. The van der Waals surface area contributed by atoms with Gasteiger partial charge in [0.25, 0.3) is 5.56 Å². The van der Waals surface area contributed by atoms with Crippen LogP contribution in [0.1, 0.15) is 12.0 Å². The van der Waals surface area contributed by atoms with Gasteiger partial charge in [-0.3, -0.25) is 4.79 Å². The lowest BCUT2D eigenvalue weighted by Crippen LogP contribution is -2.04. The fraction of sp³-hybridized carbons (Fsp3) is 0.222. The van der Waals surface area contributed by atoms with E-state index in [-0.39, 0.29) is 17.2 Å². The van der Waals surface area contributed by atoms with Crippen LogP contribution in [-0.2, 0) is 0 Å². The van der Waals surface area contributed by atoms with E-state index < -0.39 is 0 Å². The van der Waals surface area contributed by atoms with Crippen molar-refractivity contribution in [3.8, 4) is 0 Å². The monoisotopic (exact) mass is 199 g/mol. The third-order valence-electron chi connectivity index (χ3n) is 1.49. The molecule has 0 unspecified atom stereocenters. The number of aliphatic hydroxyl groups is 1. The highest BCUT2D eigenvalue weighted by atomic mass is 35.5. The molecule has 3 nitrogen and oxygen atoms in total. The van der Waals surface area contributed by atoms with Crippen molar-refractivity contribution in [2.75, 3.05) is 6.61 Å². The first kappa shape index (κ1) is 10.0. The first-order chi connectivity index (χ1) is 6.24. The molecule has 0 spiro atoms. The average Bonchev–Trinajstić information content (AvgIpc) is 2.12. The van der Waals surface area contributed by atoms with Gasteiger partial charge in [-0.05, 0) is 18.1 Å². The van der Waals surface area contributed by atoms with Crippen LogP contribution in [0, 0.1) is 0 Å². The summed E-state index contributed by atoms with van der Waals surface area (Å²) in [6.07, 6.45) is 5.76. The second-order valence-corrected chi connectivity index (χ2v) is 2.93. The van der Waals surface area contributed by atoms with Gasteiger partial charge in [-0.15, -0.1) is 0 Å². The molecule has 1 rings (SSSR count). The highest BCUT2D eigenvalue weighted by Gasteiger charge is 1.94. The molecule has 0 saturated carbocycles. The number of nitrogens with one attached hydrogen (secondary N) is 1. The molecule has 0 radical (unpaired) electrons. The summed E-state index contributed by atoms with van der Waals surface area (Å²) in [5.74, 6) is 0. The fourth-order valence-electron chi connectivity index (χ4n) is 0.862. The van der Waals surface area contributed by atoms with Crippen LogP contribution in [0.25, 0.3) is 6.08 Å². The van der Waals surface area contributed by atoms with Gasteiger partial charge in [0.2, 0.25) is 0 Å². The van der Waals surface area contributed by atoms with Crippen LogP contribution in [0.15, 0.2) is 23.1 Å². The first-order valence-electron chi connectivity index (χ1n) is 3.89. The molecular weight excluding hydrogens is 190 g/mol. The molecule has 0 bridgehead atoms. The molecule has 0 fully saturated rings. The maximum atomic E-state index is 10.8. The summed E-state index contributed by atoms with van der Waals surface area (Å²) in [4.78, 5) is 13.3. The third-order valence-corrected chi connectivity index (χ3v) is 1.77. The van der Waals surface area contributed by atoms with Crippen molar-refractivity contribution in [3.05, 3.63) is 39.3 Å². The van der Waals surface area contributed by atoms with Crippen LogP contribution < -0.4 is 5.56 Å². The molecular formula is C9H10ClNO2. The van der Waals surface area contributed by atoms with Crippen molar-refractivity contribution in [2.24, 2.45) is 0 Å². The Hall–Kier alpha value is -1.06. The second-order valence-electron chi connectivity index (χ2n) is 2.52. The van der Waals surface area contributed by atoms with Gasteiger partial charge in [0.15, 0.2) is 0 Å². The van der Waals surface area contributed by atoms with Crippen molar-refractivity contribution in [2.45, 2.75) is 6.42 Å². The number of rotatable bonds is 3. The molecule has 0 amide bonds. The normalized spacial score (nSPS) is 10.9. The topological polar surface area (TPSA) is 53.1 Å². The Morgan fingerprint density at radius 3 is 3.00 bits per heavy atom. The lowest BCUT2D eigenvalue weighted by atomic mass is 10.2. The molecule has 70 valence electrons. The van der Waals surface area contributed by atoms with Crippen molar-refractivity contribution >= 4 is 17.7 Å². The Bertz CT molecular complexity index is 357. The number of halogens is 1. The van der Waals surface area contributed by atoms with Crippen LogP contribution in [0.2, 0.25) is 5.02 Å². The number of hydrogen-bond donors (Lipinski definition) is 2. The largest absolute Gasteiger partial charge is 0.396 e. The van der Waals surface area contributed by atoms with Crippen LogP contribution in [0.4, 0.5) is 0 Å². The summed E-state index contributed by atoms with van der Waals surface area (Å²) in [5.41, 5.74) is 0.527. The summed E-state index contributed by atoms with van der Waals surface area (Å²) in [6, 6.07) is 1.58. The highest BCUT2D eigenvalue weighted by molar-refractivity contribution is 6.30. The van der Waals surface area contributed by atoms with Gasteiger partial charge in [-0.1, -0.05) is 23.8 Å². The molecule has 13 heavy (non-hydrogen) atoms. The van der Waals surface area contributed by atoms with Crippen LogP contribution in [0.3, 0.4) is 0 Å². The lowest BCUT2D eigenvalue weighted by molar-refractivity contribution is 0.303. The van der Waals surface area contributed by atoms with Gasteiger partial charge >= 0.3 is 0 Å². The SMILES string of the molecule is O=c1[nH]cc(C=CCCO)cc1Cl. The molecule has 4 heteroatoms. The van der Waals surface area contributed by atoms with Gasteiger partial charge in [0.05, 0.1) is 0 Å². The Balaban J connectivity index is 2.79. The highest BCUT2D eigenvalue weighted by Crippen LogP contribution is 2.05. The second kappa shape index (κ2) is 4.84. The molecule has 0 aromatic carbocycles. The number of pyridine rings is 1. The smallest absolute Gasteiger partial charge is 0.266 e. The van der Waals surface area contributed by atoms with Crippen LogP contribution in [-0.4, -0.2) is 16.7 Å². The van der Waals surface area contributed by atoms with Crippen molar-refractivity contribution in [3.63, 3.8) is 0 Å². The van der Waals surface area contributed by atoms with E-state index >= 15 is 0 Å². The van der Waals surface area contributed by atoms with Crippen LogP contribution >= 0.6 is 11.6 Å². The minimum absolute atomic E-state index is 0.119. The number of H-pyrrole nitrogens is 1. The fourth-order valence-corrected chi connectivity index (χ4v) is 1.04. The summed E-state index contributed by atoms with van der Waals surface area (Å²) < 4.78 is 0. The van der Waals surface area contributed by atoms with E-state index in [1.54, 1.807) is 18.3 Å². The summed E-state index contributed by atoms with van der Waals surface area (Å²) >= 11 is 5.60. The molecule has 0 aliphatic rings. The Kier molecular flexibility index (Phi) is 3.73. The van der Waals surface area contributed by atoms with E-state index in [0.717, 1.165) is 5.56 Å². The Labute approximate surface area is 80.7 Å². The number of aliphatic hydroxyl groups excluding tert-OH is 1. The van der Waals surface area contributed by atoms with Gasteiger partial charge in [-0.25, -0.2) is 0 Å². The Morgan fingerprint density at radius 2 is 2.38 bits per heavy atom. The summed E-state index contributed by atoms with van der Waals surface area (Å²) in [7, 11) is 0. The molecule has 0 saturated heterocycles. The molecule has 2 N–H and O–H groups in total. The van der Waals surface area contributed by atoms with E-state index in [1.165, 1.54) is 0 Å². The van der Waals surface area contributed by atoms with E-state index in [4.69, 9.17) is 16.7 Å². The van der Waals surface area contributed by atoms with Crippen molar-refractivity contribution in [1.29, 1.82) is 0 Å².